The summed E-state index contributed by atoms with van der Waals surface area (Å²) >= 11 is 6.09. The van der Waals surface area contributed by atoms with Crippen molar-refractivity contribution in [1.29, 1.82) is 0 Å². The van der Waals surface area contributed by atoms with Gasteiger partial charge < -0.3 is 9.64 Å². The van der Waals surface area contributed by atoms with Gasteiger partial charge in [0.15, 0.2) is 5.82 Å². The first-order valence-electron chi connectivity index (χ1n) is 10.3. The Balaban J connectivity index is 1.29. The Morgan fingerprint density at radius 3 is 2.63 bits per heavy atom. The number of amides is 1. The van der Waals surface area contributed by atoms with Gasteiger partial charge in [0.25, 0.3) is 5.91 Å². The molecule has 0 N–H and O–H groups in total. The summed E-state index contributed by atoms with van der Waals surface area (Å²) in [4.78, 5) is 25.8. The molecule has 0 bridgehead atoms. The van der Waals surface area contributed by atoms with Crippen LogP contribution in [0.5, 0.6) is 5.75 Å². The topological polar surface area (TPSA) is 58.6 Å². The molecule has 2 aromatic rings. The van der Waals surface area contributed by atoms with Crippen molar-refractivity contribution in [2.45, 2.75) is 19.3 Å². The number of hydrogen-bond donors (Lipinski definition) is 0. The number of carbonyl (C=O) groups excluding carboxylic acids is 1. The zero-order valence-corrected chi connectivity index (χ0v) is 17.6. The van der Waals surface area contributed by atoms with Crippen molar-refractivity contribution >= 4 is 23.1 Å². The Hall–Kier alpha value is -2.70. The molecule has 0 unspecified atom stereocenters. The van der Waals surface area contributed by atoms with E-state index in [-0.39, 0.29) is 11.8 Å². The molecular weight excluding hydrogens is 400 g/mol. The number of halogens is 1. The standard InChI is InChI=1S/C23H25ClN4O2/c24-16-19-17-30-21-7-2-1-6-20(21)23(29)28(19)13-4-3-12-27-14-8-18(9-15-27)22-25-10-5-11-26-22/h1-2,5-8,10-11,17H,3-4,9,12-16H2. The highest BCUT2D eigenvalue weighted by Gasteiger charge is 2.25. The van der Waals surface area contributed by atoms with Crippen LogP contribution in [0, 0.1) is 0 Å². The van der Waals surface area contributed by atoms with Crippen LogP contribution in [0.25, 0.3) is 5.57 Å². The molecule has 7 heteroatoms. The number of rotatable bonds is 7. The van der Waals surface area contributed by atoms with Gasteiger partial charge in [-0.15, -0.1) is 11.6 Å². The lowest BCUT2D eigenvalue weighted by molar-refractivity contribution is 0.0805. The van der Waals surface area contributed by atoms with Gasteiger partial charge in [0, 0.05) is 32.0 Å². The van der Waals surface area contributed by atoms with Crippen LogP contribution < -0.4 is 4.74 Å². The molecule has 0 radical (unpaired) electrons. The number of ether oxygens (including phenoxy) is 1. The zero-order chi connectivity index (χ0) is 20.8. The Labute approximate surface area is 181 Å². The van der Waals surface area contributed by atoms with E-state index in [4.69, 9.17) is 16.3 Å². The summed E-state index contributed by atoms with van der Waals surface area (Å²) < 4.78 is 5.67. The van der Waals surface area contributed by atoms with E-state index < -0.39 is 0 Å². The highest BCUT2D eigenvalue weighted by atomic mass is 35.5. The predicted octanol–water partition coefficient (Wildman–Crippen LogP) is 3.96. The number of nitrogens with zero attached hydrogens (tertiary/aromatic N) is 4. The van der Waals surface area contributed by atoms with Crippen LogP contribution in [-0.2, 0) is 0 Å². The van der Waals surface area contributed by atoms with Gasteiger partial charge in [-0.05, 0) is 49.6 Å². The third-order valence-electron chi connectivity index (χ3n) is 5.42. The number of para-hydroxylation sites is 1. The van der Waals surface area contributed by atoms with E-state index in [1.54, 1.807) is 35.7 Å². The van der Waals surface area contributed by atoms with Crippen LogP contribution in [-0.4, -0.2) is 57.7 Å². The average Bonchev–Trinajstić information content (AvgIpc) is 2.94. The minimum atomic E-state index is -0.0524. The van der Waals surface area contributed by atoms with Crippen molar-refractivity contribution in [2.75, 3.05) is 32.1 Å². The molecule has 1 aromatic carbocycles. The summed E-state index contributed by atoms with van der Waals surface area (Å²) in [6, 6.07) is 9.15. The van der Waals surface area contributed by atoms with Crippen molar-refractivity contribution in [1.82, 2.24) is 19.8 Å². The molecule has 1 amide bonds. The number of alkyl halides is 1. The first-order valence-corrected chi connectivity index (χ1v) is 10.8. The number of allylic oxidation sites excluding steroid dienone is 1. The number of fused-ring (bicyclic) bond motifs is 1. The minimum Gasteiger partial charge on any atom is -0.462 e. The Morgan fingerprint density at radius 1 is 1.07 bits per heavy atom. The first-order chi connectivity index (χ1) is 14.8. The van der Waals surface area contributed by atoms with Gasteiger partial charge in [-0.1, -0.05) is 18.2 Å². The lowest BCUT2D eigenvalue weighted by Gasteiger charge is -2.27. The van der Waals surface area contributed by atoms with Gasteiger partial charge in [0.1, 0.15) is 12.0 Å². The van der Waals surface area contributed by atoms with Gasteiger partial charge in [-0.2, -0.15) is 0 Å². The molecule has 0 saturated heterocycles. The van der Waals surface area contributed by atoms with E-state index in [1.807, 2.05) is 18.2 Å². The smallest absolute Gasteiger partial charge is 0.261 e. The number of aromatic nitrogens is 2. The molecule has 4 rings (SSSR count). The van der Waals surface area contributed by atoms with E-state index in [2.05, 4.69) is 20.9 Å². The molecular formula is C23H25ClN4O2. The summed E-state index contributed by atoms with van der Waals surface area (Å²) in [5, 5.41) is 0. The second-order valence-corrected chi connectivity index (χ2v) is 7.64. The summed E-state index contributed by atoms with van der Waals surface area (Å²) in [7, 11) is 0. The quantitative estimate of drug-likeness (QED) is 0.497. The third-order valence-corrected chi connectivity index (χ3v) is 5.69. The van der Waals surface area contributed by atoms with Crippen LogP contribution in [0.1, 0.15) is 35.4 Å². The van der Waals surface area contributed by atoms with Crippen LogP contribution in [0.15, 0.2) is 60.8 Å². The molecule has 0 aliphatic carbocycles. The molecule has 156 valence electrons. The van der Waals surface area contributed by atoms with E-state index in [1.165, 1.54) is 5.57 Å². The fourth-order valence-electron chi connectivity index (χ4n) is 3.75. The number of benzene rings is 1. The van der Waals surface area contributed by atoms with E-state index in [0.29, 0.717) is 23.6 Å². The van der Waals surface area contributed by atoms with E-state index in [0.717, 1.165) is 44.7 Å². The van der Waals surface area contributed by atoms with Crippen molar-refractivity contribution in [3.63, 3.8) is 0 Å². The van der Waals surface area contributed by atoms with E-state index in [9.17, 15) is 4.79 Å². The van der Waals surface area contributed by atoms with Crippen LogP contribution in [0.2, 0.25) is 0 Å². The SMILES string of the molecule is O=C1c2ccccc2OC=C(CCl)N1CCCCN1CC=C(c2ncccn2)CC1. The molecule has 6 nitrogen and oxygen atoms in total. The predicted molar refractivity (Wildman–Crippen MR) is 117 cm³/mol. The highest BCUT2D eigenvalue weighted by Crippen LogP contribution is 2.26. The molecule has 0 atom stereocenters. The van der Waals surface area contributed by atoms with Gasteiger partial charge in [0.2, 0.25) is 0 Å². The number of unbranched alkanes of at least 4 members (excludes halogenated alkanes) is 1. The third kappa shape index (κ3) is 4.71. The molecule has 30 heavy (non-hydrogen) atoms. The normalized spacial score (nSPS) is 17.0. The lowest BCUT2D eigenvalue weighted by Crippen LogP contribution is -2.33. The Kier molecular flexibility index (Phi) is 6.77. The van der Waals surface area contributed by atoms with Gasteiger partial charge in [0.05, 0.1) is 17.1 Å². The monoisotopic (exact) mass is 424 g/mol. The molecule has 2 aliphatic heterocycles. The van der Waals surface area contributed by atoms with E-state index >= 15 is 0 Å². The van der Waals surface area contributed by atoms with Crippen molar-refractivity contribution in [3.05, 3.63) is 72.1 Å². The summed E-state index contributed by atoms with van der Waals surface area (Å²) in [5.41, 5.74) is 2.49. The number of carbonyl (C=O) groups is 1. The lowest BCUT2D eigenvalue weighted by atomic mass is 10.1. The second-order valence-electron chi connectivity index (χ2n) is 7.37. The van der Waals surface area contributed by atoms with Gasteiger partial charge in [-0.3, -0.25) is 9.69 Å². The zero-order valence-electron chi connectivity index (χ0n) is 16.8. The van der Waals surface area contributed by atoms with Crippen LogP contribution in [0.3, 0.4) is 0 Å². The molecule has 0 saturated carbocycles. The first kappa shape index (κ1) is 20.6. The maximum absolute atomic E-state index is 13.0. The van der Waals surface area contributed by atoms with Crippen molar-refractivity contribution in [2.24, 2.45) is 0 Å². The molecule has 0 fully saturated rings. The molecule has 2 aliphatic rings. The van der Waals surface area contributed by atoms with Gasteiger partial charge >= 0.3 is 0 Å². The maximum atomic E-state index is 13.0. The average molecular weight is 425 g/mol. The fourth-order valence-corrected chi connectivity index (χ4v) is 3.96. The molecule has 3 heterocycles. The molecule has 0 spiro atoms. The van der Waals surface area contributed by atoms with Crippen LogP contribution >= 0.6 is 11.6 Å². The molecule has 1 aromatic heterocycles. The minimum absolute atomic E-state index is 0.0524. The van der Waals surface area contributed by atoms with Crippen LogP contribution in [0.4, 0.5) is 0 Å². The van der Waals surface area contributed by atoms with Crippen molar-refractivity contribution < 1.29 is 9.53 Å². The summed E-state index contributed by atoms with van der Waals surface area (Å²) in [6.45, 7) is 3.53. The Bertz CT molecular complexity index is 945. The highest BCUT2D eigenvalue weighted by molar-refractivity contribution is 6.19. The second kappa shape index (κ2) is 9.87. The largest absolute Gasteiger partial charge is 0.462 e. The fraction of sp³-hybridized carbons (Fsp3) is 0.348. The Morgan fingerprint density at radius 2 is 1.87 bits per heavy atom. The van der Waals surface area contributed by atoms with Crippen molar-refractivity contribution in [3.8, 4) is 5.75 Å². The number of hydrogen-bond acceptors (Lipinski definition) is 5. The maximum Gasteiger partial charge on any atom is 0.261 e. The summed E-state index contributed by atoms with van der Waals surface area (Å²) in [5.74, 6) is 1.59. The van der Waals surface area contributed by atoms with Gasteiger partial charge in [-0.25, -0.2) is 9.97 Å². The summed E-state index contributed by atoms with van der Waals surface area (Å²) in [6.07, 6.45) is 10.3.